The second-order valence-corrected chi connectivity index (χ2v) is 11.9. The number of benzene rings is 2. The Morgan fingerprint density at radius 2 is 1.37 bits per heavy atom. The Hall–Kier alpha value is -2.86. The zero-order valence-electron chi connectivity index (χ0n) is 22.8. The summed E-state index contributed by atoms with van der Waals surface area (Å²) in [5.74, 6) is -2.52. The van der Waals surface area contributed by atoms with Crippen LogP contribution in [-0.4, -0.2) is 93.7 Å². The Balaban J connectivity index is 1.37. The van der Waals surface area contributed by atoms with Crippen LogP contribution in [-0.2, 0) is 29.4 Å². The monoisotopic (exact) mass is 567 g/mol. The second kappa shape index (κ2) is 11.1. The molecule has 0 aliphatic carbocycles. The number of aliphatic hydroxyl groups excluding tert-OH is 3. The molecule has 0 amide bonds. The van der Waals surface area contributed by atoms with Gasteiger partial charge in [-0.3, -0.25) is 0 Å². The molecule has 3 N–H and O–H groups in total. The van der Waals surface area contributed by atoms with Gasteiger partial charge in [-0.1, -0.05) is 60.7 Å². The van der Waals surface area contributed by atoms with Gasteiger partial charge in [-0.25, -0.2) is 4.79 Å². The highest BCUT2D eigenvalue weighted by atomic mass is 16.7. The van der Waals surface area contributed by atoms with Gasteiger partial charge < -0.3 is 43.9 Å². The molecule has 2 unspecified atom stereocenters. The van der Waals surface area contributed by atoms with Gasteiger partial charge in [0.1, 0.15) is 30.5 Å². The molecule has 6 rings (SSSR count). The minimum atomic E-state index is -1.99. The lowest BCUT2D eigenvalue weighted by Crippen LogP contribution is -2.64. The molecule has 10 nitrogen and oxygen atoms in total. The van der Waals surface area contributed by atoms with Gasteiger partial charge in [-0.2, -0.15) is 0 Å². The predicted octanol–water partition coefficient (Wildman–Crippen LogP) is 0.352. The second-order valence-electron chi connectivity index (χ2n) is 11.9. The summed E-state index contributed by atoms with van der Waals surface area (Å²) in [5, 5.41) is 43.2. The molecule has 4 aliphatic rings. The van der Waals surface area contributed by atoms with E-state index >= 15 is 0 Å². The van der Waals surface area contributed by atoms with Crippen LogP contribution in [0.1, 0.15) is 49.7 Å². The molecular formula is C31H37NO9. The van der Waals surface area contributed by atoms with Crippen LogP contribution in [0, 0.1) is 0 Å². The third kappa shape index (κ3) is 4.76. The zero-order chi connectivity index (χ0) is 28.8. The lowest BCUT2D eigenvalue weighted by molar-refractivity contribution is -0.956. The van der Waals surface area contributed by atoms with Gasteiger partial charge in [-0.05, 0) is 11.1 Å². The minimum absolute atomic E-state index is 0.333. The highest BCUT2D eigenvalue weighted by molar-refractivity contribution is 5.86. The number of carboxylic acid groups (broad SMARTS) is 1. The summed E-state index contributed by atoms with van der Waals surface area (Å²) in [6.07, 6.45) is -3.70. The standard InChI is InChI=1S/C31H37NO9/c33-24-25(34)27(28(36)37)40-29(26(24)35)41-31(19-9-3-1-4-10-19,20-11-5-2-6-12-20)30(38)39-23-17-21-13-14-22(18-23)32(21)15-7-8-16-32/h1-6,9-12,21-27,29,33-35H,7-8,13-18H2/t21-,22+,23?,24-,25-,26+,27-,29?/m0/s1. The van der Waals surface area contributed by atoms with Crippen molar-refractivity contribution in [2.24, 2.45) is 0 Å². The fourth-order valence-corrected chi connectivity index (χ4v) is 7.79. The first kappa shape index (κ1) is 28.3. The van der Waals surface area contributed by atoms with Crippen molar-refractivity contribution >= 4 is 11.9 Å². The smallest absolute Gasteiger partial charge is 0.348 e. The Kier molecular flexibility index (Phi) is 7.65. The molecule has 8 atom stereocenters. The number of carbonyl (C=O) groups excluding carboxylic acids is 2. The Morgan fingerprint density at radius 1 is 0.829 bits per heavy atom. The summed E-state index contributed by atoms with van der Waals surface area (Å²) in [6, 6.07) is 18.1. The Labute approximate surface area is 238 Å². The topological polar surface area (TPSA) is 146 Å². The lowest BCUT2D eigenvalue weighted by atomic mass is 9.85. The van der Waals surface area contributed by atoms with Crippen LogP contribution < -0.4 is 5.11 Å². The van der Waals surface area contributed by atoms with Gasteiger partial charge in [0.25, 0.3) is 0 Å². The van der Waals surface area contributed by atoms with Crippen molar-refractivity contribution in [1.82, 2.24) is 0 Å². The van der Waals surface area contributed by atoms with Gasteiger partial charge in [0.05, 0.1) is 31.1 Å². The molecule has 4 aliphatic heterocycles. The lowest BCUT2D eigenvalue weighted by Gasteiger charge is -2.47. The van der Waals surface area contributed by atoms with Crippen molar-refractivity contribution < 1.29 is 48.7 Å². The van der Waals surface area contributed by atoms with Crippen LogP contribution in [0.4, 0.5) is 0 Å². The van der Waals surface area contributed by atoms with Gasteiger partial charge in [0.2, 0.25) is 5.60 Å². The maximum atomic E-state index is 14.5. The van der Waals surface area contributed by atoms with Gasteiger partial charge in [0, 0.05) is 38.5 Å². The van der Waals surface area contributed by atoms with Crippen molar-refractivity contribution in [3.63, 3.8) is 0 Å². The van der Waals surface area contributed by atoms with E-state index in [9.17, 15) is 30.0 Å². The zero-order valence-corrected chi connectivity index (χ0v) is 22.8. The average molecular weight is 568 g/mol. The third-order valence-electron chi connectivity index (χ3n) is 9.77. The van der Waals surface area contributed by atoms with E-state index in [0.29, 0.717) is 23.2 Å². The van der Waals surface area contributed by atoms with Crippen LogP contribution >= 0.6 is 0 Å². The SMILES string of the molecule is O=C([O-])[C@H]1OC(OC(C(=O)OC2C[C@H]3CC[C@@H](C2)[N+]32CCCC2)(c2ccccc2)c2ccccc2)[C@H](O)[C@@H](O)[C@@H]1O. The first-order valence-electron chi connectivity index (χ1n) is 14.5. The van der Waals surface area contributed by atoms with Crippen LogP contribution in [0.2, 0.25) is 0 Å². The number of aliphatic carboxylic acids is 1. The molecule has 0 aromatic heterocycles. The van der Waals surface area contributed by atoms with E-state index in [1.165, 1.54) is 25.9 Å². The number of hydrogen-bond acceptors (Lipinski definition) is 9. The molecule has 4 heterocycles. The number of esters is 1. The highest BCUT2D eigenvalue weighted by Gasteiger charge is 2.58. The molecule has 4 fully saturated rings. The first-order chi connectivity index (χ1) is 19.8. The number of nitrogens with zero attached hydrogens (tertiary/aromatic N) is 1. The van der Waals surface area contributed by atoms with Crippen molar-refractivity contribution in [2.45, 2.75) is 93.0 Å². The molecule has 4 saturated heterocycles. The minimum Gasteiger partial charge on any atom is -0.547 e. The predicted molar refractivity (Wildman–Crippen MR) is 142 cm³/mol. The first-order valence-corrected chi connectivity index (χ1v) is 14.5. The maximum absolute atomic E-state index is 14.5. The van der Waals surface area contributed by atoms with E-state index in [1.807, 2.05) is 0 Å². The number of carboxylic acids is 1. The van der Waals surface area contributed by atoms with Crippen molar-refractivity contribution in [1.29, 1.82) is 0 Å². The molecule has 2 bridgehead atoms. The molecule has 0 radical (unpaired) electrons. The molecule has 2 aromatic carbocycles. The van der Waals surface area contributed by atoms with Crippen LogP contribution in [0.15, 0.2) is 60.7 Å². The van der Waals surface area contributed by atoms with E-state index in [4.69, 9.17) is 14.2 Å². The Bertz CT molecular complexity index is 1180. The summed E-state index contributed by atoms with van der Waals surface area (Å²) in [6.45, 7) is 2.36. The van der Waals surface area contributed by atoms with Crippen LogP contribution in [0.3, 0.4) is 0 Å². The van der Waals surface area contributed by atoms with E-state index in [1.54, 1.807) is 60.7 Å². The number of rotatable bonds is 7. The maximum Gasteiger partial charge on any atom is 0.348 e. The Morgan fingerprint density at radius 3 is 1.88 bits per heavy atom. The summed E-state index contributed by atoms with van der Waals surface area (Å²) in [5.41, 5.74) is -1.23. The number of hydrogen-bond donors (Lipinski definition) is 3. The molecule has 0 saturated carbocycles. The number of carbonyl (C=O) groups is 2. The fraction of sp³-hybridized carbons (Fsp3) is 0.548. The summed E-state index contributed by atoms with van der Waals surface area (Å²) < 4.78 is 19.2. The van der Waals surface area contributed by atoms with E-state index in [-0.39, 0.29) is 6.10 Å². The largest absolute Gasteiger partial charge is 0.547 e. The van der Waals surface area contributed by atoms with E-state index in [2.05, 4.69) is 0 Å². The normalized spacial score (nSPS) is 34.4. The van der Waals surface area contributed by atoms with Crippen molar-refractivity contribution in [3.05, 3.63) is 71.8 Å². The van der Waals surface area contributed by atoms with Crippen molar-refractivity contribution in [2.75, 3.05) is 13.1 Å². The molecule has 1 spiro atoms. The van der Waals surface area contributed by atoms with Crippen LogP contribution in [0.5, 0.6) is 0 Å². The van der Waals surface area contributed by atoms with Gasteiger partial charge >= 0.3 is 5.97 Å². The van der Waals surface area contributed by atoms with Gasteiger partial charge in [-0.15, -0.1) is 0 Å². The number of quaternary nitrogens is 1. The van der Waals surface area contributed by atoms with E-state index in [0.717, 1.165) is 30.2 Å². The molecule has 41 heavy (non-hydrogen) atoms. The number of ether oxygens (including phenoxy) is 3. The number of aliphatic hydroxyl groups is 3. The fourth-order valence-electron chi connectivity index (χ4n) is 7.79. The molecule has 2 aromatic rings. The summed E-state index contributed by atoms with van der Waals surface area (Å²) in [7, 11) is 0. The third-order valence-corrected chi connectivity index (χ3v) is 9.77. The average Bonchev–Trinajstić information content (AvgIpc) is 3.53. The van der Waals surface area contributed by atoms with Crippen LogP contribution in [0.25, 0.3) is 0 Å². The van der Waals surface area contributed by atoms with Gasteiger partial charge in [0.15, 0.2) is 6.29 Å². The summed E-state index contributed by atoms with van der Waals surface area (Å²) in [4.78, 5) is 26.2. The highest BCUT2D eigenvalue weighted by Crippen LogP contribution is 2.47. The molecular weight excluding hydrogens is 530 g/mol. The molecule has 220 valence electrons. The van der Waals surface area contributed by atoms with Crippen molar-refractivity contribution in [3.8, 4) is 0 Å². The summed E-state index contributed by atoms with van der Waals surface area (Å²) >= 11 is 0. The quantitative estimate of drug-likeness (QED) is 0.319. The number of piperidine rings is 1. The van der Waals surface area contributed by atoms with E-state index < -0.39 is 48.2 Å². The molecule has 10 heteroatoms.